The fraction of sp³-hybridized carbons (Fsp3) is 0.786. The van der Waals surface area contributed by atoms with Gasteiger partial charge in [-0.3, -0.25) is 19.3 Å². The highest BCUT2D eigenvalue weighted by atomic mass is 32.2. The third-order valence-corrected chi connectivity index (χ3v) is 5.26. The van der Waals surface area contributed by atoms with Gasteiger partial charge in [0.2, 0.25) is 5.91 Å². The molecule has 1 atom stereocenters. The maximum atomic E-state index is 12.1. The minimum absolute atomic E-state index is 0.00583. The molecule has 0 saturated carbocycles. The molecule has 3 amide bonds. The van der Waals surface area contributed by atoms with Crippen molar-refractivity contribution in [2.45, 2.75) is 32.7 Å². The van der Waals surface area contributed by atoms with Gasteiger partial charge in [0.1, 0.15) is 0 Å². The molecule has 2 rings (SSSR count). The lowest BCUT2D eigenvalue weighted by atomic mass is 9.98. The third-order valence-electron chi connectivity index (χ3n) is 4.40. The predicted octanol–water partition coefficient (Wildman–Crippen LogP) is -0.499. The van der Waals surface area contributed by atoms with Crippen LogP contribution in [0.4, 0.5) is 4.79 Å². The standard InChI is InChI=1S/C14H23N3O3S/c1-10-3-6-16(7-4-10)11(2)13(19)15-5-8-17-12(18)9-21-14(17)20/h10-11H,3-9H2,1-2H3,(H,15,19)/p+1/t11-/m0/s1. The van der Waals surface area contributed by atoms with E-state index in [2.05, 4.69) is 12.2 Å². The van der Waals surface area contributed by atoms with Gasteiger partial charge in [-0.05, 0) is 25.7 Å². The molecule has 0 spiro atoms. The van der Waals surface area contributed by atoms with Gasteiger partial charge in [-0.2, -0.15) is 0 Å². The molecule has 0 aromatic heterocycles. The molecule has 7 heteroatoms. The average molecular weight is 314 g/mol. The van der Waals surface area contributed by atoms with Crippen molar-refractivity contribution in [2.75, 3.05) is 31.9 Å². The fourth-order valence-electron chi connectivity index (χ4n) is 2.79. The second-order valence-electron chi connectivity index (χ2n) is 5.95. The van der Waals surface area contributed by atoms with Gasteiger partial charge < -0.3 is 10.2 Å². The van der Waals surface area contributed by atoms with Crippen molar-refractivity contribution in [1.29, 1.82) is 0 Å². The Morgan fingerprint density at radius 3 is 2.67 bits per heavy atom. The number of carbonyl (C=O) groups is 3. The van der Waals surface area contributed by atoms with Gasteiger partial charge in [-0.15, -0.1) is 0 Å². The highest BCUT2D eigenvalue weighted by Crippen LogP contribution is 2.17. The maximum absolute atomic E-state index is 12.1. The van der Waals surface area contributed by atoms with Gasteiger partial charge in [-0.25, -0.2) is 0 Å². The number of amides is 3. The molecule has 0 unspecified atom stereocenters. The minimum Gasteiger partial charge on any atom is -0.349 e. The van der Waals surface area contributed by atoms with Gasteiger partial charge in [0.25, 0.3) is 11.1 Å². The van der Waals surface area contributed by atoms with Crippen molar-refractivity contribution in [3.05, 3.63) is 0 Å². The number of likely N-dealkylation sites (tertiary alicyclic amines) is 1. The van der Waals surface area contributed by atoms with Crippen molar-refractivity contribution in [1.82, 2.24) is 10.2 Å². The number of nitrogens with zero attached hydrogens (tertiary/aromatic N) is 1. The summed E-state index contributed by atoms with van der Waals surface area (Å²) >= 11 is 1.02. The number of imide groups is 1. The molecule has 0 aromatic rings. The van der Waals surface area contributed by atoms with E-state index in [1.54, 1.807) is 0 Å². The van der Waals surface area contributed by atoms with E-state index in [9.17, 15) is 14.4 Å². The van der Waals surface area contributed by atoms with Crippen LogP contribution in [0.2, 0.25) is 0 Å². The van der Waals surface area contributed by atoms with Crippen molar-refractivity contribution in [3.8, 4) is 0 Å². The van der Waals surface area contributed by atoms with Crippen LogP contribution in [0.25, 0.3) is 0 Å². The summed E-state index contributed by atoms with van der Waals surface area (Å²) in [5, 5.41) is 2.63. The number of carbonyl (C=O) groups excluding carboxylic acids is 3. The monoisotopic (exact) mass is 314 g/mol. The molecule has 0 bridgehead atoms. The third kappa shape index (κ3) is 4.20. The van der Waals surface area contributed by atoms with E-state index in [4.69, 9.17) is 0 Å². The highest BCUT2D eigenvalue weighted by molar-refractivity contribution is 8.14. The zero-order valence-corrected chi connectivity index (χ0v) is 13.5. The molecule has 21 heavy (non-hydrogen) atoms. The molecular weight excluding hydrogens is 290 g/mol. The van der Waals surface area contributed by atoms with E-state index in [1.165, 1.54) is 22.6 Å². The Hall–Kier alpha value is -1.08. The lowest BCUT2D eigenvalue weighted by Crippen LogP contribution is -3.17. The molecule has 2 saturated heterocycles. The fourth-order valence-corrected chi connectivity index (χ4v) is 3.54. The van der Waals surface area contributed by atoms with Gasteiger partial charge in [0.15, 0.2) is 6.04 Å². The molecule has 2 aliphatic rings. The van der Waals surface area contributed by atoms with Crippen molar-refractivity contribution in [3.63, 3.8) is 0 Å². The number of hydrogen-bond acceptors (Lipinski definition) is 4. The van der Waals surface area contributed by atoms with Gasteiger partial charge >= 0.3 is 0 Å². The summed E-state index contributed by atoms with van der Waals surface area (Å²) in [6.45, 7) is 6.89. The molecule has 2 fully saturated rings. The second kappa shape index (κ2) is 7.26. The second-order valence-corrected chi connectivity index (χ2v) is 6.88. The Balaban J connectivity index is 1.71. The van der Waals surface area contributed by atoms with Crippen molar-refractivity contribution >= 4 is 28.8 Å². The Morgan fingerprint density at radius 1 is 1.43 bits per heavy atom. The molecule has 6 nitrogen and oxygen atoms in total. The first kappa shape index (κ1) is 16.3. The number of thioether (sulfide) groups is 1. The van der Waals surface area contributed by atoms with Crippen LogP contribution < -0.4 is 10.2 Å². The molecule has 0 radical (unpaired) electrons. The Bertz CT molecular complexity index is 406. The van der Waals surface area contributed by atoms with Gasteiger partial charge in [0, 0.05) is 13.1 Å². The molecule has 2 heterocycles. The number of hydrogen-bond donors (Lipinski definition) is 2. The van der Waals surface area contributed by atoms with Crippen LogP contribution in [-0.4, -0.2) is 59.9 Å². The molecule has 0 aliphatic carbocycles. The van der Waals surface area contributed by atoms with Crippen molar-refractivity contribution < 1.29 is 19.3 Å². The van der Waals surface area contributed by atoms with Crippen LogP contribution in [0.3, 0.4) is 0 Å². The predicted molar refractivity (Wildman–Crippen MR) is 81.1 cm³/mol. The summed E-state index contributed by atoms with van der Waals surface area (Å²) in [6, 6.07) is -0.0724. The SMILES string of the molecule is CC1CC[NH+]([C@@H](C)C(=O)NCCN2C(=O)CSC2=O)CC1. The van der Waals surface area contributed by atoms with Crippen LogP contribution in [0.5, 0.6) is 0 Å². The van der Waals surface area contributed by atoms with Gasteiger partial charge in [0.05, 0.1) is 18.8 Å². The van der Waals surface area contributed by atoms with Crippen LogP contribution in [-0.2, 0) is 9.59 Å². The van der Waals surface area contributed by atoms with Crippen molar-refractivity contribution in [2.24, 2.45) is 5.92 Å². The quantitative estimate of drug-likeness (QED) is 0.718. The number of nitrogens with one attached hydrogen (secondary N) is 2. The van der Waals surface area contributed by atoms with E-state index < -0.39 is 0 Å². The summed E-state index contributed by atoms with van der Waals surface area (Å²) in [5.74, 6) is 0.821. The average Bonchev–Trinajstić information content (AvgIpc) is 2.79. The Kier molecular flexibility index (Phi) is 5.64. The van der Waals surface area contributed by atoms with E-state index in [0.29, 0.717) is 6.54 Å². The summed E-state index contributed by atoms with van der Waals surface area (Å²) in [7, 11) is 0. The Labute approximate surface area is 129 Å². The summed E-state index contributed by atoms with van der Waals surface area (Å²) in [6.07, 6.45) is 2.34. The smallest absolute Gasteiger partial charge is 0.288 e. The zero-order valence-electron chi connectivity index (χ0n) is 12.7. The molecule has 2 aliphatic heterocycles. The van der Waals surface area contributed by atoms with E-state index in [0.717, 1.165) is 30.8 Å². The van der Waals surface area contributed by atoms with E-state index in [1.807, 2.05) is 6.92 Å². The maximum Gasteiger partial charge on any atom is 0.288 e. The normalized spacial score (nSPS) is 27.8. The number of piperidine rings is 1. The van der Waals surface area contributed by atoms with E-state index in [-0.39, 0.29) is 35.4 Å². The number of rotatable bonds is 5. The van der Waals surface area contributed by atoms with Crippen LogP contribution >= 0.6 is 11.8 Å². The highest BCUT2D eigenvalue weighted by Gasteiger charge is 2.31. The van der Waals surface area contributed by atoms with Crippen LogP contribution in [0, 0.1) is 5.92 Å². The zero-order chi connectivity index (χ0) is 15.4. The Morgan fingerprint density at radius 2 is 2.10 bits per heavy atom. The largest absolute Gasteiger partial charge is 0.349 e. The molecule has 0 aromatic carbocycles. The first-order valence-electron chi connectivity index (χ1n) is 7.58. The lowest BCUT2D eigenvalue weighted by molar-refractivity contribution is -0.920. The lowest BCUT2D eigenvalue weighted by Gasteiger charge is -2.31. The van der Waals surface area contributed by atoms with E-state index >= 15 is 0 Å². The summed E-state index contributed by atoms with van der Waals surface area (Å²) < 4.78 is 0. The van der Waals surface area contributed by atoms with Crippen LogP contribution in [0.15, 0.2) is 0 Å². The molecule has 118 valence electrons. The number of quaternary nitrogens is 1. The first-order valence-corrected chi connectivity index (χ1v) is 8.57. The molecular formula is C14H24N3O3S+. The van der Waals surface area contributed by atoms with Crippen LogP contribution in [0.1, 0.15) is 26.7 Å². The summed E-state index contributed by atoms with van der Waals surface area (Å²) in [5.41, 5.74) is 0. The summed E-state index contributed by atoms with van der Waals surface area (Å²) in [4.78, 5) is 37.5. The molecule has 2 N–H and O–H groups in total. The topological polar surface area (TPSA) is 70.9 Å². The minimum atomic E-state index is -0.210. The first-order chi connectivity index (χ1) is 9.99. The van der Waals surface area contributed by atoms with Gasteiger partial charge in [-0.1, -0.05) is 18.7 Å².